The van der Waals surface area contributed by atoms with E-state index in [9.17, 15) is 0 Å². The molecular formula is C62H42N4. The third-order valence-electron chi connectivity index (χ3n) is 13.2. The highest BCUT2D eigenvalue weighted by Crippen LogP contribution is 2.42. The zero-order valence-electron chi connectivity index (χ0n) is 36.0. The van der Waals surface area contributed by atoms with Gasteiger partial charge in [0.05, 0.1) is 33.5 Å². The summed E-state index contributed by atoms with van der Waals surface area (Å²) in [5.74, 6) is 0. The van der Waals surface area contributed by atoms with E-state index in [0.29, 0.717) is 0 Å². The number of hydrogen-bond donors (Lipinski definition) is 0. The van der Waals surface area contributed by atoms with Crippen molar-refractivity contribution >= 4 is 32.8 Å². The molecule has 13 aromatic rings. The van der Waals surface area contributed by atoms with Gasteiger partial charge in [0.15, 0.2) is 0 Å². The van der Waals surface area contributed by atoms with Gasteiger partial charge >= 0.3 is 0 Å². The molecule has 4 heteroatoms. The third kappa shape index (κ3) is 6.22. The van der Waals surface area contributed by atoms with Crippen molar-refractivity contribution < 1.29 is 0 Å². The molecule has 0 aliphatic carbocycles. The summed E-state index contributed by atoms with van der Waals surface area (Å²) in [5.41, 5.74) is 21.3. The minimum absolute atomic E-state index is 1.11. The Morgan fingerprint density at radius 3 is 0.985 bits per heavy atom. The van der Waals surface area contributed by atoms with E-state index in [-0.39, 0.29) is 0 Å². The molecule has 6 heterocycles. The first kappa shape index (κ1) is 37.7. The van der Waals surface area contributed by atoms with Crippen LogP contribution >= 0.6 is 0 Å². The SMILES string of the molecule is c1ccc(-c2c(-c3ccc(-n4c(-c5ccccc5)cc5cc6c(cc(-c7ccccc7)n6-c6ccc(-c7cn8ccccc8c7-c7ccccc7)cc6)cc54)cc3)cn3ccccc23)cc1. The van der Waals surface area contributed by atoms with Crippen molar-refractivity contribution in [1.29, 1.82) is 0 Å². The number of rotatable bonds is 8. The molecule has 66 heavy (non-hydrogen) atoms. The molecule has 4 nitrogen and oxygen atoms in total. The molecule has 0 saturated carbocycles. The minimum Gasteiger partial charge on any atom is -0.323 e. The Bertz CT molecular complexity index is 3610. The average molecular weight is 843 g/mol. The van der Waals surface area contributed by atoms with Gasteiger partial charge in [0.2, 0.25) is 0 Å². The predicted octanol–water partition coefficient (Wildman–Crippen LogP) is 16.1. The number of hydrogen-bond acceptors (Lipinski definition) is 0. The Labute approximate surface area is 382 Å². The first-order valence-corrected chi connectivity index (χ1v) is 22.6. The first-order chi connectivity index (χ1) is 32.7. The van der Waals surface area contributed by atoms with Gasteiger partial charge in [-0.25, -0.2) is 0 Å². The lowest BCUT2D eigenvalue weighted by Crippen LogP contribution is -1.98. The highest BCUT2D eigenvalue weighted by atomic mass is 15.0. The average Bonchev–Trinajstić information content (AvgIpc) is 4.17. The number of aromatic nitrogens is 4. The molecule has 6 aromatic heterocycles. The lowest BCUT2D eigenvalue weighted by molar-refractivity contribution is 1.13. The molecule has 0 fully saturated rings. The monoisotopic (exact) mass is 842 g/mol. The van der Waals surface area contributed by atoms with E-state index >= 15 is 0 Å². The van der Waals surface area contributed by atoms with E-state index in [2.05, 4.69) is 273 Å². The molecule has 0 atom stereocenters. The van der Waals surface area contributed by atoms with Gasteiger partial charge in [0.1, 0.15) is 0 Å². The molecule has 7 aromatic carbocycles. The second-order valence-electron chi connectivity index (χ2n) is 17.1. The Morgan fingerprint density at radius 1 is 0.258 bits per heavy atom. The molecule has 0 N–H and O–H groups in total. The smallest absolute Gasteiger partial charge is 0.0542 e. The second-order valence-corrected chi connectivity index (χ2v) is 17.1. The summed E-state index contributed by atoms with van der Waals surface area (Å²) in [7, 11) is 0. The molecule has 310 valence electrons. The van der Waals surface area contributed by atoms with Gasteiger partial charge in [0.25, 0.3) is 0 Å². The summed E-state index contributed by atoms with van der Waals surface area (Å²) in [5, 5.41) is 2.36. The van der Waals surface area contributed by atoms with Gasteiger partial charge in [-0.2, -0.15) is 0 Å². The van der Waals surface area contributed by atoms with Gasteiger partial charge in [-0.3, -0.25) is 0 Å². The summed E-state index contributed by atoms with van der Waals surface area (Å²) in [6, 6.07) is 83.6. The number of benzene rings is 7. The van der Waals surface area contributed by atoms with Crippen LogP contribution in [0.2, 0.25) is 0 Å². The van der Waals surface area contributed by atoms with Crippen LogP contribution in [-0.4, -0.2) is 17.9 Å². The van der Waals surface area contributed by atoms with Crippen LogP contribution in [0.25, 0.3) is 111 Å². The standard InChI is InChI=1S/C62H42N4/c1-5-17-45(18-6-1)57-37-49-39-60-50(40-59(49)65(57)51-31-27-43(28-32-51)53-41-63-35-15-13-25-55(63)61(53)47-21-9-3-10-22-47)38-58(46-19-7-2-8-20-46)66(60)52-33-29-44(30-34-52)54-42-64-36-16-14-26-56(64)62(54)48-23-11-4-12-24-48/h1-42H. The van der Waals surface area contributed by atoms with Crippen LogP contribution in [0.4, 0.5) is 0 Å². The summed E-state index contributed by atoms with van der Waals surface area (Å²) in [6.07, 6.45) is 8.79. The highest BCUT2D eigenvalue weighted by Gasteiger charge is 2.21. The van der Waals surface area contributed by atoms with Crippen LogP contribution in [0.3, 0.4) is 0 Å². The van der Waals surface area contributed by atoms with Gasteiger partial charge < -0.3 is 17.9 Å². The lowest BCUT2D eigenvalue weighted by atomic mass is 9.97. The molecule has 13 rings (SSSR count). The topological polar surface area (TPSA) is 18.7 Å². The molecule has 0 radical (unpaired) electrons. The fraction of sp³-hybridized carbons (Fsp3) is 0. The summed E-state index contributed by atoms with van der Waals surface area (Å²) >= 11 is 0. The normalized spacial score (nSPS) is 11.6. The molecule has 0 saturated heterocycles. The first-order valence-electron chi connectivity index (χ1n) is 22.6. The van der Waals surface area contributed by atoms with Gasteiger partial charge in [0, 0.05) is 69.2 Å². The van der Waals surface area contributed by atoms with E-state index in [0.717, 1.165) is 33.8 Å². The maximum absolute atomic E-state index is 2.43. The van der Waals surface area contributed by atoms with Crippen molar-refractivity contribution in [3.63, 3.8) is 0 Å². The summed E-state index contributed by atoms with van der Waals surface area (Å²) < 4.78 is 9.34. The molecule has 0 unspecified atom stereocenters. The zero-order valence-corrected chi connectivity index (χ0v) is 36.0. The molecular weight excluding hydrogens is 801 g/mol. The van der Waals surface area contributed by atoms with E-state index < -0.39 is 0 Å². The fourth-order valence-corrected chi connectivity index (χ4v) is 10.2. The number of pyridine rings is 2. The Hall–Kier alpha value is -8.86. The Balaban J connectivity index is 0.965. The molecule has 0 bridgehead atoms. The quantitative estimate of drug-likeness (QED) is 0.145. The van der Waals surface area contributed by atoms with Crippen molar-refractivity contribution in [2.24, 2.45) is 0 Å². The number of nitrogens with zero attached hydrogens (tertiary/aromatic N) is 4. The van der Waals surface area contributed by atoms with Gasteiger partial charge in [-0.05, 0) is 106 Å². The third-order valence-corrected chi connectivity index (χ3v) is 13.2. The predicted molar refractivity (Wildman–Crippen MR) is 275 cm³/mol. The Kier molecular flexibility index (Phi) is 8.81. The van der Waals surface area contributed by atoms with Crippen LogP contribution < -0.4 is 0 Å². The van der Waals surface area contributed by atoms with Crippen LogP contribution in [0, 0.1) is 0 Å². The lowest BCUT2D eigenvalue weighted by Gasteiger charge is -2.14. The van der Waals surface area contributed by atoms with Crippen LogP contribution in [0.1, 0.15) is 0 Å². The van der Waals surface area contributed by atoms with E-state index in [4.69, 9.17) is 0 Å². The minimum atomic E-state index is 1.11. The maximum atomic E-state index is 2.43. The fourth-order valence-electron chi connectivity index (χ4n) is 10.2. The van der Waals surface area contributed by atoms with Crippen LogP contribution in [0.5, 0.6) is 0 Å². The van der Waals surface area contributed by atoms with E-state index in [1.165, 1.54) is 77.4 Å². The van der Waals surface area contributed by atoms with Crippen molar-refractivity contribution in [1.82, 2.24) is 17.9 Å². The maximum Gasteiger partial charge on any atom is 0.0542 e. The van der Waals surface area contributed by atoms with E-state index in [1.54, 1.807) is 0 Å². The highest BCUT2D eigenvalue weighted by molar-refractivity contribution is 6.03. The largest absolute Gasteiger partial charge is 0.323 e. The van der Waals surface area contributed by atoms with Crippen molar-refractivity contribution in [2.75, 3.05) is 0 Å². The molecule has 0 aliphatic rings. The van der Waals surface area contributed by atoms with Crippen molar-refractivity contribution in [3.8, 4) is 78.4 Å². The molecule has 0 spiro atoms. The second kappa shape index (κ2) is 15.4. The number of fused-ring (bicyclic) bond motifs is 4. The van der Waals surface area contributed by atoms with Crippen molar-refractivity contribution in [3.05, 3.63) is 255 Å². The summed E-state index contributed by atoms with van der Waals surface area (Å²) in [6.45, 7) is 0. The van der Waals surface area contributed by atoms with Crippen LogP contribution in [0.15, 0.2) is 255 Å². The van der Waals surface area contributed by atoms with Gasteiger partial charge in [-0.15, -0.1) is 0 Å². The Morgan fingerprint density at radius 2 is 0.606 bits per heavy atom. The van der Waals surface area contributed by atoms with E-state index in [1.807, 2.05) is 0 Å². The summed E-state index contributed by atoms with van der Waals surface area (Å²) in [4.78, 5) is 0. The van der Waals surface area contributed by atoms with Crippen molar-refractivity contribution in [2.45, 2.75) is 0 Å². The zero-order chi connectivity index (χ0) is 43.6. The molecule has 0 aliphatic heterocycles. The van der Waals surface area contributed by atoms with Gasteiger partial charge in [-0.1, -0.05) is 158 Å². The molecule has 0 amide bonds. The van der Waals surface area contributed by atoms with Crippen LogP contribution in [-0.2, 0) is 0 Å².